The topological polar surface area (TPSA) is 117 Å². The van der Waals surface area contributed by atoms with E-state index in [0.29, 0.717) is 13.0 Å². The average molecular weight is 486 g/mol. The van der Waals surface area contributed by atoms with Crippen LogP contribution in [-0.4, -0.2) is 47.9 Å². The van der Waals surface area contributed by atoms with Crippen LogP contribution in [0.25, 0.3) is 0 Å². The molecule has 9 nitrogen and oxygen atoms in total. The molecule has 0 aliphatic carbocycles. The summed E-state index contributed by atoms with van der Waals surface area (Å²) in [6, 6.07) is 7.85. The first kappa shape index (κ1) is 25.2. The van der Waals surface area contributed by atoms with E-state index in [2.05, 4.69) is 14.8 Å². The molecule has 0 radical (unpaired) electrons. The van der Waals surface area contributed by atoms with Crippen LogP contribution in [0.2, 0.25) is 0 Å². The quantitative estimate of drug-likeness (QED) is 0.450. The molecule has 2 heterocycles. The number of likely N-dealkylation sites (N-methyl/N-ethyl adjacent to an activating group) is 1. The van der Waals surface area contributed by atoms with Gasteiger partial charge in [-0.1, -0.05) is 19.1 Å². The molecule has 2 N–H and O–H groups in total. The molecule has 182 valence electrons. The molecule has 0 unspecified atom stereocenters. The number of aryl methyl sites for hydroxylation is 3. The van der Waals surface area contributed by atoms with Crippen LogP contribution in [0.15, 0.2) is 41.4 Å². The Bertz CT molecular complexity index is 1280. The van der Waals surface area contributed by atoms with E-state index in [1.165, 1.54) is 24.4 Å². The summed E-state index contributed by atoms with van der Waals surface area (Å²) in [4.78, 5) is 18.1. The van der Waals surface area contributed by atoms with Gasteiger partial charge in [0.15, 0.2) is 0 Å². The van der Waals surface area contributed by atoms with Crippen molar-refractivity contribution in [1.82, 2.24) is 14.8 Å². The molecule has 0 amide bonds. The zero-order valence-electron chi connectivity index (χ0n) is 20.2. The van der Waals surface area contributed by atoms with Crippen molar-refractivity contribution in [2.45, 2.75) is 52.0 Å². The van der Waals surface area contributed by atoms with E-state index in [1.807, 2.05) is 32.4 Å². The Morgan fingerprint density at radius 1 is 1.18 bits per heavy atom. The first-order valence-corrected chi connectivity index (χ1v) is 12.6. The molecule has 0 saturated heterocycles. The number of hydrogen-bond donors (Lipinski definition) is 2. The van der Waals surface area contributed by atoms with Gasteiger partial charge in [-0.15, -0.1) is 0 Å². The van der Waals surface area contributed by atoms with Gasteiger partial charge >= 0.3 is 5.97 Å². The number of carboxylic acid groups (broad SMARTS) is 1. The predicted molar refractivity (Wildman–Crippen MR) is 132 cm³/mol. The molecular weight excluding hydrogens is 454 g/mol. The van der Waals surface area contributed by atoms with Gasteiger partial charge in [-0.25, -0.2) is 18.2 Å². The molecule has 0 fully saturated rings. The fourth-order valence-corrected chi connectivity index (χ4v) is 4.92. The number of nitrogens with zero attached hydrogens (tertiary/aromatic N) is 4. The lowest BCUT2D eigenvalue weighted by Gasteiger charge is -2.21. The Morgan fingerprint density at radius 2 is 1.85 bits per heavy atom. The normalized spacial score (nSPS) is 11.4. The molecular formula is C24H31N5O4S. The Kier molecular flexibility index (Phi) is 7.61. The van der Waals surface area contributed by atoms with Gasteiger partial charge in [-0.3, -0.25) is 9.40 Å². The summed E-state index contributed by atoms with van der Waals surface area (Å²) in [5.74, 6) is -0.921. The van der Waals surface area contributed by atoms with Crippen molar-refractivity contribution >= 4 is 27.5 Å². The first-order chi connectivity index (χ1) is 16.1. The van der Waals surface area contributed by atoms with Gasteiger partial charge in [0.25, 0.3) is 10.0 Å². The fraction of sp³-hybridized carbons (Fsp3) is 0.375. The zero-order chi connectivity index (χ0) is 25.0. The second-order valence-corrected chi connectivity index (χ2v) is 9.82. The Labute approximate surface area is 200 Å². The monoisotopic (exact) mass is 485 g/mol. The summed E-state index contributed by atoms with van der Waals surface area (Å²) >= 11 is 0. The second kappa shape index (κ2) is 10.3. The largest absolute Gasteiger partial charge is 0.478 e. The number of carboxylic acids is 1. The maximum atomic E-state index is 12.7. The minimum Gasteiger partial charge on any atom is -0.478 e. The van der Waals surface area contributed by atoms with E-state index in [1.54, 1.807) is 24.1 Å². The third kappa shape index (κ3) is 5.39. The summed E-state index contributed by atoms with van der Waals surface area (Å²) in [5, 5.41) is 14.3. The number of rotatable bonds is 10. The summed E-state index contributed by atoms with van der Waals surface area (Å²) in [5.41, 5.74) is 4.21. The van der Waals surface area contributed by atoms with Crippen molar-refractivity contribution in [3.8, 4) is 0 Å². The summed E-state index contributed by atoms with van der Waals surface area (Å²) < 4.78 is 29.9. The van der Waals surface area contributed by atoms with Gasteiger partial charge in [0.1, 0.15) is 11.4 Å². The number of hydrogen-bond acceptors (Lipinski definition) is 6. The highest BCUT2D eigenvalue weighted by Gasteiger charge is 2.20. The highest BCUT2D eigenvalue weighted by atomic mass is 32.2. The number of benzene rings is 1. The van der Waals surface area contributed by atoms with Crippen LogP contribution in [0, 0.1) is 13.8 Å². The Balaban J connectivity index is 1.81. The number of carbonyl (C=O) groups is 1. The van der Waals surface area contributed by atoms with E-state index < -0.39 is 16.0 Å². The lowest BCUT2D eigenvalue weighted by atomic mass is 10.1. The Morgan fingerprint density at radius 3 is 2.41 bits per heavy atom. The number of aromatic carboxylic acids is 1. The van der Waals surface area contributed by atoms with Crippen LogP contribution < -0.4 is 9.62 Å². The van der Waals surface area contributed by atoms with Crippen LogP contribution in [-0.2, 0) is 29.4 Å². The summed E-state index contributed by atoms with van der Waals surface area (Å²) in [6.45, 7) is 9.32. The molecule has 3 rings (SSSR count). The molecule has 0 bridgehead atoms. The van der Waals surface area contributed by atoms with E-state index in [-0.39, 0.29) is 22.0 Å². The number of sulfonamides is 1. The van der Waals surface area contributed by atoms with Crippen LogP contribution in [0.4, 0.5) is 11.5 Å². The predicted octanol–water partition coefficient (Wildman–Crippen LogP) is 3.66. The molecule has 0 aliphatic heterocycles. The lowest BCUT2D eigenvalue weighted by molar-refractivity contribution is 0.0697. The van der Waals surface area contributed by atoms with E-state index >= 15 is 0 Å². The third-order valence-corrected chi connectivity index (χ3v) is 7.28. The smallest absolute Gasteiger partial charge is 0.339 e. The lowest BCUT2D eigenvalue weighted by Crippen LogP contribution is -2.24. The molecule has 0 saturated carbocycles. The van der Waals surface area contributed by atoms with Crippen LogP contribution in [0.1, 0.15) is 46.7 Å². The number of anilines is 2. The van der Waals surface area contributed by atoms with Gasteiger partial charge in [0.2, 0.25) is 0 Å². The van der Waals surface area contributed by atoms with Crippen molar-refractivity contribution in [3.05, 3.63) is 64.6 Å². The molecule has 1 aromatic carbocycles. The standard InChI is InChI=1S/C24H31N5O4S/c1-6-18-8-10-20(11-9-18)34(32,33)27-19-14-22(24(30)31)23(25-15-19)28(5)13-12-21-16(3)26-29(7-2)17(21)4/h8-11,14-15,27H,6-7,12-13H2,1-5H3,(H,30,31). The van der Waals surface area contributed by atoms with Crippen LogP contribution >= 0.6 is 0 Å². The van der Waals surface area contributed by atoms with Crippen molar-refractivity contribution in [1.29, 1.82) is 0 Å². The van der Waals surface area contributed by atoms with Crippen LogP contribution in [0.5, 0.6) is 0 Å². The summed E-state index contributed by atoms with van der Waals surface area (Å²) in [6.07, 6.45) is 2.81. The molecule has 10 heteroatoms. The Hall–Kier alpha value is -3.40. The highest BCUT2D eigenvalue weighted by molar-refractivity contribution is 7.92. The minimum atomic E-state index is -3.88. The molecule has 2 aromatic heterocycles. The van der Waals surface area contributed by atoms with Gasteiger partial charge in [0.05, 0.1) is 22.5 Å². The van der Waals surface area contributed by atoms with Crippen molar-refractivity contribution in [2.75, 3.05) is 23.2 Å². The van der Waals surface area contributed by atoms with Gasteiger partial charge in [0, 0.05) is 25.8 Å². The fourth-order valence-electron chi connectivity index (χ4n) is 3.88. The maximum Gasteiger partial charge on any atom is 0.339 e. The molecule has 0 spiro atoms. The van der Waals surface area contributed by atoms with Crippen molar-refractivity contribution < 1.29 is 18.3 Å². The van der Waals surface area contributed by atoms with E-state index in [0.717, 1.165) is 35.5 Å². The molecule has 34 heavy (non-hydrogen) atoms. The third-order valence-electron chi connectivity index (χ3n) is 5.88. The molecule has 3 aromatic rings. The maximum absolute atomic E-state index is 12.7. The van der Waals surface area contributed by atoms with Gasteiger partial charge in [-0.2, -0.15) is 5.10 Å². The highest BCUT2D eigenvalue weighted by Crippen LogP contribution is 2.24. The van der Waals surface area contributed by atoms with Crippen LogP contribution in [0.3, 0.4) is 0 Å². The average Bonchev–Trinajstić information content (AvgIpc) is 3.09. The SMILES string of the molecule is CCc1ccc(S(=O)(=O)Nc2cnc(N(C)CCc3c(C)nn(CC)c3C)c(C(=O)O)c2)cc1. The second-order valence-electron chi connectivity index (χ2n) is 8.14. The van der Waals surface area contributed by atoms with Crippen molar-refractivity contribution in [2.24, 2.45) is 0 Å². The number of aromatic nitrogens is 3. The molecule has 0 atom stereocenters. The van der Waals surface area contributed by atoms with Crippen molar-refractivity contribution in [3.63, 3.8) is 0 Å². The van der Waals surface area contributed by atoms with Gasteiger partial charge in [-0.05, 0) is 62.9 Å². The zero-order valence-corrected chi connectivity index (χ0v) is 21.0. The van der Waals surface area contributed by atoms with E-state index in [4.69, 9.17) is 0 Å². The first-order valence-electron chi connectivity index (χ1n) is 11.2. The minimum absolute atomic E-state index is 0.0817. The van der Waals surface area contributed by atoms with Gasteiger partial charge < -0.3 is 10.0 Å². The number of nitrogens with one attached hydrogen (secondary N) is 1. The molecule has 0 aliphatic rings. The summed E-state index contributed by atoms with van der Waals surface area (Å²) in [7, 11) is -2.11. The van der Waals surface area contributed by atoms with E-state index in [9.17, 15) is 18.3 Å². The number of pyridine rings is 1.